The van der Waals surface area contributed by atoms with Crippen LogP contribution in [0, 0.1) is 0 Å². The van der Waals surface area contributed by atoms with Crippen molar-refractivity contribution in [1.82, 2.24) is 15.6 Å². The Morgan fingerprint density at radius 2 is 1.92 bits per heavy atom. The van der Waals surface area contributed by atoms with Crippen LogP contribution in [0.2, 0.25) is 5.02 Å². The summed E-state index contributed by atoms with van der Waals surface area (Å²) in [6.07, 6.45) is 0.920. The summed E-state index contributed by atoms with van der Waals surface area (Å²) < 4.78 is 0. The summed E-state index contributed by atoms with van der Waals surface area (Å²) >= 11 is 7.58. The summed E-state index contributed by atoms with van der Waals surface area (Å²) in [7, 11) is 1.78. The zero-order chi connectivity index (χ0) is 17.6. The van der Waals surface area contributed by atoms with Crippen molar-refractivity contribution in [1.29, 1.82) is 0 Å². The van der Waals surface area contributed by atoms with Gasteiger partial charge in [-0.25, -0.2) is 4.98 Å². The average Bonchev–Trinajstić information content (AvgIpc) is 3.01. The van der Waals surface area contributed by atoms with Crippen LogP contribution in [0.15, 0.2) is 34.6 Å². The summed E-state index contributed by atoms with van der Waals surface area (Å²) in [6, 6.07) is 7.92. The highest BCUT2D eigenvalue weighted by atomic mass is 35.5. The SMILES string of the molecule is CN=C(NCCc1ccc(Cl)cc1)NCc1nc(C(C)(C)C)cs1. The average molecular weight is 365 g/mol. The molecule has 1 aromatic carbocycles. The van der Waals surface area contributed by atoms with Gasteiger partial charge in [-0.05, 0) is 24.1 Å². The smallest absolute Gasteiger partial charge is 0.191 e. The number of hydrogen-bond donors (Lipinski definition) is 2. The molecule has 0 aliphatic rings. The topological polar surface area (TPSA) is 49.3 Å². The van der Waals surface area contributed by atoms with Gasteiger partial charge in [0.1, 0.15) is 5.01 Å². The number of aliphatic imine (C=N–C) groups is 1. The van der Waals surface area contributed by atoms with Crippen LogP contribution in [0.5, 0.6) is 0 Å². The van der Waals surface area contributed by atoms with Crippen molar-refractivity contribution in [3.05, 3.63) is 50.9 Å². The quantitative estimate of drug-likeness (QED) is 0.622. The molecule has 0 unspecified atom stereocenters. The van der Waals surface area contributed by atoms with Crippen molar-refractivity contribution in [2.45, 2.75) is 39.2 Å². The first-order chi connectivity index (χ1) is 11.4. The molecule has 0 aliphatic heterocycles. The van der Waals surface area contributed by atoms with E-state index >= 15 is 0 Å². The first kappa shape index (κ1) is 18.7. The summed E-state index contributed by atoms with van der Waals surface area (Å²) in [5, 5.41) is 10.6. The first-order valence-electron chi connectivity index (χ1n) is 8.02. The predicted molar refractivity (Wildman–Crippen MR) is 104 cm³/mol. The number of thiazole rings is 1. The summed E-state index contributed by atoms with van der Waals surface area (Å²) in [6.45, 7) is 8.03. The van der Waals surface area contributed by atoms with Crippen molar-refractivity contribution >= 4 is 28.9 Å². The molecule has 0 bridgehead atoms. The lowest BCUT2D eigenvalue weighted by atomic mass is 9.93. The van der Waals surface area contributed by atoms with E-state index in [1.165, 1.54) is 5.56 Å². The molecule has 2 rings (SSSR count). The van der Waals surface area contributed by atoms with E-state index < -0.39 is 0 Å². The second-order valence-electron chi connectivity index (χ2n) is 6.61. The number of benzene rings is 1. The Kier molecular flexibility index (Phi) is 6.63. The standard InChI is InChI=1S/C18H25ClN4S/c1-18(2,3)15-12-24-16(23-15)11-22-17(20-4)21-10-9-13-5-7-14(19)8-6-13/h5-8,12H,9-11H2,1-4H3,(H2,20,21,22). The molecule has 1 heterocycles. The molecule has 4 nitrogen and oxygen atoms in total. The third kappa shape index (κ3) is 5.80. The van der Waals surface area contributed by atoms with Crippen LogP contribution in [-0.2, 0) is 18.4 Å². The molecular formula is C18H25ClN4S. The molecule has 0 radical (unpaired) electrons. The molecule has 6 heteroatoms. The monoisotopic (exact) mass is 364 g/mol. The Labute approximate surface area is 153 Å². The van der Waals surface area contributed by atoms with E-state index in [1.807, 2.05) is 24.3 Å². The van der Waals surface area contributed by atoms with E-state index in [0.29, 0.717) is 6.54 Å². The zero-order valence-corrected chi connectivity index (χ0v) is 16.3. The molecule has 0 saturated heterocycles. The second kappa shape index (κ2) is 8.49. The molecule has 2 aromatic rings. The van der Waals surface area contributed by atoms with E-state index in [1.54, 1.807) is 18.4 Å². The number of aromatic nitrogens is 1. The van der Waals surface area contributed by atoms with Gasteiger partial charge in [0.05, 0.1) is 12.2 Å². The fraction of sp³-hybridized carbons (Fsp3) is 0.444. The van der Waals surface area contributed by atoms with Gasteiger partial charge in [-0.1, -0.05) is 44.5 Å². The van der Waals surface area contributed by atoms with Crippen molar-refractivity contribution in [2.75, 3.05) is 13.6 Å². The van der Waals surface area contributed by atoms with Crippen LogP contribution in [0.4, 0.5) is 0 Å². The van der Waals surface area contributed by atoms with Crippen LogP contribution in [0.1, 0.15) is 37.0 Å². The van der Waals surface area contributed by atoms with Crippen LogP contribution in [-0.4, -0.2) is 24.5 Å². The van der Waals surface area contributed by atoms with Gasteiger partial charge >= 0.3 is 0 Å². The maximum atomic E-state index is 5.90. The van der Waals surface area contributed by atoms with Gasteiger partial charge in [-0.2, -0.15) is 0 Å². The van der Waals surface area contributed by atoms with E-state index in [0.717, 1.165) is 34.6 Å². The highest BCUT2D eigenvalue weighted by Gasteiger charge is 2.17. The Hall–Kier alpha value is -1.59. The van der Waals surface area contributed by atoms with Crippen molar-refractivity contribution in [2.24, 2.45) is 4.99 Å². The third-order valence-electron chi connectivity index (χ3n) is 3.57. The van der Waals surface area contributed by atoms with E-state index in [4.69, 9.17) is 11.6 Å². The van der Waals surface area contributed by atoms with Gasteiger partial charge in [0.15, 0.2) is 5.96 Å². The Bertz CT molecular complexity index is 671. The summed E-state index contributed by atoms with van der Waals surface area (Å²) in [5.74, 6) is 0.788. The Balaban J connectivity index is 1.78. The number of guanidine groups is 1. The number of nitrogens with one attached hydrogen (secondary N) is 2. The zero-order valence-electron chi connectivity index (χ0n) is 14.7. The molecule has 24 heavy (non-hydrogen) atoms. The maximum absolute atomic E-state index is 5.90. The molecule has 0 aliphatic carbocycles. The van der Waals surface area contributed by atoms with Crippen LogP contribution in [0.25, 0.3) is 0 Å². The minimum Gasteiger partial charge on any atom is -0.356 e. The number of halogens is 1. The Morgan fingerprint density at radius 1 is 1.21 bits per heavy atom. The molecule has 0 amide bonds. The van der Waals surface area contributed by atoms with Crippen molar-refractivity contribution in [3.8, 4) is 0 Å². The van der Waals surface area contributed by atoms with E-state index in [-0.39, 0.29) is 5.41 Å². The minimum atomic E-state index is 0.0905. The molecule has 0 fully saturated rings. The lowest BCUT2D eigenvalue weighted by Gasteiger charge is -2.14. The number of hydrogen-bond acceptors (Lipinski definition) is 3. The maximum Gasteiger partial charge on any atom is 0.191 e. The lowest BCUT2D eigenvalue weighted by Crippen LogP contribution is -2.37. The largest absolute Gasteiger partial charge is 0.356 e. The van der Waals surface area contributed by atoms with Gasteiger partial charge in [0.2, 0.25) is 0 Å². The molecule has 0 atom stereocenters. The summed E-state index contributed by atoms with van der Waals surface area (Å²) in [5.41, 5.74) is 2.47. The molecule has 2 N–H and O–H groups in total. The second-order valence-corrected chi connectivity index (χ2v) is 7.98. The van der Waals surface area contributed by atoms with Crippen LogP contribution >= 0.6 is 22.9 Å². The Morgan fingerprint density at radius 3 is 2.50 bits per heavy atom. The lowest BCUT2D eigenvalue weighted by molar-refractivity contribution is 0.570. The highest BCUT2D eigenvalue weighted by Crippen LogP contribution is 2.23. The number of rotatable bonds is 5. The van der Waals surface area contributed by atoms with Crippen LogP contribution < -0.4 is 10.6 Å². The number of nitrogens with zero attached hydrogens (tertiary/aromatic N) is 2. The van der Waals surface area contributed by atoms with Gasteiger partial charge < -0.3 is 10.6 Å². The fourth-order valence-electron chi connectivity index (χ4n) is 2.09. The molecule has 130 valence electrons. The van der Waals surface area contributed by atoms with E-state index in [9.17, 15) is 0 Å². The van der Waals surface area contributed by atoms with Gasteiger partial charge in [-0.3, -0.25) is 4.99 Å². The van der Waals surface area contributed by atoms with Gasteiger partial charge in [0.25, 0.3) is 0 Å². The first-order valence-corrected chi connectivity index (χ1v) is 9.28. The predicted octanol–water partition coefficient (Wildman–Crippen LogP) is 4.00. The van der Waals surface area contributed by atoms with Crippen molar-refractivity contribution in [3.63, 3.8) is 0 Å². The van der Waals surface area contributed by atoms with Crippen LogP contribution in [0.3, 0.4) is 0 Å². The normalized spacial score (nSPS) is 12.3. The third-order valence-corrected chi connectivity index (χ3v) is 4.67. The van der Waals surface area contributed by atoms with Gasteiger partial charge in [-0.15, -0.1) is 11.3 Å². The highest BCUT2D eigenvalue weighted by molar-refractivity contribution is 7.09. The summed E-state index contributed by atoms with van der Waals surface area (Å²) in [4.78, 5) is 8.94. The fourth-order valence-corrected chi connectivity index (χ4v) is 3.18. The molecule has 0 saturated carbocycles. The van der Waals surface area contributed by atoms with Gasteiger partial charge in [0, 0.05) is 29.4 Å². The molecule has 0 spiro atoms. The molecular weight excluding hydrogens is 340 g/mol. The molecule has 1 aromatic heterocycles. The van der Waals surface area contributed by atoms with E-state index in [2.05, 4.69) is 46.8 Å². The van der Waals surface area contributed by atoms with Crippen molar-refractivity contribution < 1.29 is 0 Å². The minimum absolute atomic E-state index is 0.0905.